The Bertz CT molecular complexity index is 4720. The molecule has 0 saturated carbocycles. The maximum atomic E-state index is 13.7. The molecule has 0 amide bonds. The first kappa shape index (κ1) is 76.7. The Balaban J connectivity index is 0.000000370. The minimum atomic E-state index is -4.56. The molecule has 8 N–H and O–H groups in total. The average molecular weight is 1440 g/mol. The van der Waals surface area contributed by atoms with Gasteiger partial charge >= 0.3 is 59.4 Å². The van der Waals surface area contributed by atoms with Gasteiger partial charge in [-0.1, -0.05) is 42.8 Å². The van der Waals surface area contributed by atoms with E-state index in [0.717, 1.165) is 44.5 Å². The molecule has 0 saturated heterocycles. The van der Waals surface area contributed by atoms with Gasteiger partial charge < -0.3 is 40.8 Å². The Kier molecular flexibility index (Phi) is 26.3. The van der Waals surface area contributed by atoms with Crippen LogP contribution < -0.4 is 54.2 Å². The molecule has 0 atom stereocenters. The molecule has 0 aliphatic heterocycles. The van der Waals surface area contributed by atoms with Crippen LogP contribution in [0.15, 0.2) is 102 Å². The topological polar surface area (TPSA) is 466 Å². The van der Waals surface area contributed by atoms with Gasteiger partial charge in [-0.05, 0) is 56.5 Å². The van der Waals surface area contributed by atoms with Crippen molar-refractivity contribution in [3.05, 3.63) is 72.8 Å². The van der Waals surface area contributed by atoms with E-state index in [9.17, 15) is 79.3 Å². The fourth-order valence-corrected chi connectivity index (χ4v) is 17.0. The van der Waals surface area contributed by atoms with Crippen molar-refractivity contribution in [2.24, 2.45) is 5.73 Å². The molecule has 0 spiro atoms. The second kappa shape index (κ2) is 30.8. The van der Waals surface area contributed by atoms with Crippen molar-refractivity contribution in [3.63, 3.8) is 0 Å². The van der Waals surface area contributed by atoms with Crippen molar-refractivity contribution in [3.8, 4) is 11.5 Å². The number of carboxylic acids is 3. The SMILES string of the molecule is CC(=O)Oc1cc(S(=O)(=O)CCCCC(=O)O)c2ccc3c(S(=O)(=O)NCCCC(=O)O)cc(S(=O)(=O)NCCCC(=O)O)c4ccc1c2c43.CC(=O)Oc1cc(S(=O)(=O)Cl)c2ccc3c(S(=O)(=O)Cl)cc(S(=O)(=O)Cl)c4ccc1c2c43.NCCC[C-]=O.[Na+].[OH-]. The zero-order valence-corrected chi connectivity index (χ0v) is 56.4. The quantitative estimate of drug-likeness (QED) is 0.00854. The number of rotatable bonds is 26. The predicted octanol–water partition coefficient (Wildman–Crippen LogP) is 3.78. The van der Waals surface area contributed by atoms with Crippen LogP contribution in [0.2, 0.25) is 0 Å². The molecule has 90 heavy (non-hydrogen) atoms. The molecule has 482 valence electrons. The molecule has 8 aromatic rings. The summed E-state index contributed by atoms with van der Waals surface area (Å²) in [6, 6.07) is 14.6. The predicted molar refractivity (Wildman–Crippen MR) is 326 cm³/mol. The Morgan fingerprint density at radius 1 is 0.467 bits per heavy atom. The molecule has 0 aliphatic carbocycles. The van der Waals surface area contributed by atoms with Crippen LogP contribution in [-0.4, -0.2) is 133 Å². The summed E-state index contributed by atoms with van der Waals surface area (Å²) in [6.45, 7) is 2.15. The van der Waals surface area contributed by atoms with Gasteiger partial charge in [0.15, 0.2) is 9.84 Å². The first-order chi connectivity index (χ1) is 40.9. The molecule has 0 aromatic heterocycles. The number of esters is 2. The molecule has 0 radical (unpaired) electrons. The van der Waals surface area contributed by atoms with Gasteiger partial charge in [0.25, 0.3) is 27.2 Å². The summed E-state index contributed by atoms with van der Waals surface area (Å²) >= 11 is 0. The molecule has 0 aliphatic rings. The summed E-state index contributed by atoms with van der Waals surface area (Å²) < 4.78 is 171. The monoisotopic (exact) mass is 1430 g/mol. The third-order valence-electron chi connectivity index (χ3n) is 13.0. The van der Waals surface area contributed by atoms with E-state index in [-0.39, 0.29) is 174 Å². The summed E-state index contributed by atoms with van der Waals surface area (Å²) in [6.07, 6.45) is 1.87. The largest absolute Gasteiger partial charge is 1.00 e. The van der Waals surface area contributed by atoms with Crippen molar-refractivity contribution in [1.82, 2.24) is 9.44 Å². The summed E-state index contributed by atoms with van der Waals surface area (Å²) in [5.74, 6) is -5.86. The van der Waals surface area contributed by atoms with Gasteiger partial charge in [0, 0.05) is 155 Å². The maximum absolute atomic E-state index is 13.7. The third kappa shape index (κ3) is 18.1. The second-order valence-corrected chi connectivity index (χ2v) is 32.3. The Labute approximate surface area is 550 Å². The number of carbonyl (C=O) groups is 5. The van der Waals surface area contributed by atoms with Gasteiger partial charge in [0.2, 0.25) is 20.0 Å². The summed E-state index contributed by atoms with van der Waals surface area (Å²) in [5, 5.41) is 27.5. The normalized spacial score (nSPS) is 12.2. The average Bonchev–Trinajstić information content (AvgIpc) is 0.734. The van der Waals surface area contributed by atoms with Gasteiger partial charge in [-0.15, -0.1) is 0 Å². The molecular weight excluding hydrogens is 1380 g/mol. The van der Waals surface area contributed by atoms with E-state index >= 15 is 0 Å². The van der Waals surface area contributed by atoms with E-state index < -0.39 is 117 Å². The summed E-state index contributed by atoms with van der Waals surface area (Å²) in [7, 11) is -9.90. The molecule has 0 bridgehead atoms. The van der Waals surface area contributed by atoms with E-state index in [1.165, 1.54) is 48.5 Å². The minimum Gasteiger partial charge on any atom is -0.870 e. The van der Waals surface area contributed by atoms with Crippen molar-refractivity contribution in [2.45, 2.75) is 101 Å². The first-order valence-corrected chi connectivity index (χ1v) is 37.1. The second-order valence-electron chi connectivity index (χ2n) is 19.1. The number of unbranched alkanes of at least 4 members (excludes halogenated alkanes) is 2. The molecule has 0 heterocycles. The van der Waals surface area contributed by atoms with E-state index in [1.807, 2.05) is 0 Å². The fourth-order valence-electron chi connectivity index (χ4n) is 9.42. The van der Waals surface area contributed by atoms with Crippen LogP contribution in [0.25, 0.3) is 64.6 Å². The van der Waals surface area contributed by atoms with Crippen molar-refractivity contribution in [2.75, 3.05) is 25.4 Å². The molecule has 0 unspecified atom stereocenters. The zero-order valence-electron chi connectivity index (χ0n) is 47.2. The van der Waals surface area contributed by atoms with Gasteiger partial charge in [0.05, 0.1) is 35.1 Å². The van der Waals surface area contributed by atoms with Gasteiger partial charge in [-0.25, -0.2) is 60.0 Å². The van der Waals surface area contributed by atoms with E-state index in [1.54, 1.807) is 6.29 Å². The smallest absolute Gasteiger partial charge is 0.870 e. The van der Waals surface area contributed by atoms with Crippen LogP contribution in [0, 0.1) is 0 Å². The number of carboxylic acid groups (broad SMARTS) is 3. The molecular formula is C53H52Cl3N3NaO24S6-. The maximum Gasteiger partial charge on any atom is 1.00 e. The number of carbonyl (C=O) groups excluding carboxylic acids is 3. The number of hydrogen-bond acceptors (Lipinski definition) is 22. The summed E-state index contributed by atoms with van der Waals surface area (Å²) in [4.78, 5) is 63.1. The van der Waals surface area contributed by atoms with Crippen molar-refractivity contribution in [1.29, 1.82) is 0 Å². The molecule has 37 heteroatoms. The molecule has 8 aromatic carbocycles. The van der Waals surface area contributed by atoms with Gasteiger partial charge in [0.1, 0.15) is 11.5 Å². The van der Waals surface area contributed by atoms with E-state index in [0.29, 0.717) is 13.0 Å². The fraction of sp³-hybridized carbons (Fsp3) is 0.283. The Hall–Kier alpha value is -5.73. The number of aliphatic carboxylic acids is 3. The van der Waals surface area contributed by atoms with E-state index in [2.05, 4.69) is 9.44 Å². The number of halogens is 3. The molecule has 8 rings (SSSR count). The Morgan fingerprint density at radius 2 is 0.767 bits per heavy atom. The number of nitrogens with one attached hydrogen (secondary N) is 2. The number of sulfone groups is 1. The zero-order chi connectivity index (χ0) is 65.6. The number of nitrogens with two attached hydrogens (primary N) is 1. The van der Waals surface area contributed by atoms with Crippen molar-refractivity contribution >= 4 is 190 Å². The van der Waals surface area contributed by atoms with Crippen LogP contribution in [0.1, 0.15) is 71.6 Å². The van der Waals surface area contributed by atoms with E-state index in [4.69, 9.17) is 62.6 Å². The van der Waals surface area contributed by atoms with Gasteiger partial charge in [-0.3, -0.25) is 30.3 Å². The number of benzene rings is 8. The number of sulfonamides is 2. The van der Waals surface area contributed by atoms with Crippen LogP contribution in [0.4, 0.5) is 0 Å². The van der Waals surface area contributed by atoms with Crippen molar-refractivity contribution < 1.29 is 139 Å². The third-order valence-corrected chi connectivity index (χ3v) is 21.9. The first-order valence-electron chi connectivity index (χ1n) is 25.6. The minimum absolute atomic E-state index is 0. The van der Waals surface area contributed by atoms with Crippen LogP contribution in [0.5, 0.6) is 11.5 Å². The number of hydrogen-bond donors (Lipinski definition) is 6. The van der Waals surface area contributed by atoms with Gasteiger partial charge in [-0.2, -0.15) is 6.42 Å². The summed E-state index contributed by atoms with van der Waals surface area (Å²) in [5.41, 5.74) is 5.04. The standard InChI is InChI=1S/C31H34N2O14S3.C18H9Cl3O8S3.C4H8NO.Na.H2O/c1-18(34)47-23-16-24(48(41,42)15-3-2-6-27(35)36)20-11-12-22-26(50(45,46)33-14-5-8-29(39)40)17-25(21-10-9-19(23)30(20)31(21)22)49(43,44)32-13-4-7-28(37)38;1-8(22)29-13-6-14(30(19,23)24)10-4-5-12-16(32(21,27)28)7-15(31(20,25)26)11-3-2-9(13)17(10)18(11)12;5-3-1-2-4-6;;/h9-12,16-17,32-33H,2-8,13-15H2,1H3,(H,35,36)(H,37,38)(H,39,40);2-7H,1H3;1-3,5H2;;1H2/q;;-1;+1;/p-1. The van der Waals surface area contributed by atoms with Crippen LogP contribution >= 0.6 is 32.0 Å². The van der Waals surface area contributed by atoms with Crippen LogP contribution in [-0.2, 0) is 85.8 Å². The molecule has 0 fully saturated rings. The number of ether oxygens (including phenoxy) is 2. The Morgan fingerprint density at radius 3 is 1.09 bits per heavy atom. The van der Waals surface area contributed by atoms with Crippen LogP contribution in [0.3, 0.4) is 0 Å². The molecule has 27 nitrogen and oxygen atoms in total.